The molecule has 2 rings (SSSR count). The first-order chi connectivity index (χ1) is 12.1. The van der Waals surface area contributed by atoms with Crippen molar-refractivity contribution in [1.82, 2.24) is 15.1 Å². The highest BCUT2D eigenvalue weighted by Crippen LogP contribution is 2.06. The van der Waals surface area contributed by atoms with Crippen LogP contribution in [0, 0.1) is 0 Å². The molecule has 2 aromatic rings. The van der Waals surface area contributed by atoms with Crippen LogP contribution in [0.3, 0.4) is 0 Å². The predicted molar refractivity (Wildman–Crippen MR) is 95.7 cm³/mol. The van der Waals surface area contributed by atoms with Gasteiger partial charge in [0.1, 0.15) is 0 Å². The van der Waals surface area contributed by atoms with E-state index >= 15 is 0 Å². The Labute approximate surface area is 147 Å². The van der Waals surface area contributed by atoms with E-state index < -0.39 is 12.1 Å². The highest BCUT2D eigenvalue weighted by Gasteiger charge is 2.15. The minimum absolute atomic E-state index is 0.292. The van der Waals surface area contributed by atoms with Crippen molar-refractivity contribution in [3.05, 3.63) is 59.9 Å². The summed E-state index contributed by atoms with van der Waals surface area (Å²) in [4.78, 5) is 23.4. The number of ether oxygens (including phenoxy) is 1. The second kappa shape index (κ2) is 9.42. The summed E-state index contributed by atoms with van der Waals surface area (Å²) in [5.41, 5.74) is 1.93. The van der Waals surface area contributed by atoms with Crippen molar-refractivity contribution in [1.29, 1.82) is 0 Å². The van der Waals surface area contributed by atoms with Crippen molar-refractivity contribution < 1.29 is 14.3 Å². The number of hydrogen-bond donors (Lipinski definition) is 1. The van der Waals surface area contributed by atoms with Crippen molar-refractivity contribution in [2.75, 3.05) is 6.54 Å². The number of benzene rings is 1. The fourth-order valence-corrected chi connectivity index (χ4v) is 2.15. The molecule has 0 aliphatic rings. The van der Waals surface area contributed by atoms with Crippen LogP contribution in [0.15, 0.2) is 48.8 Å². The number of carbonyl (C=O) groups excluding carboxylic acids is 2. The van der Waals surface area contributed by atoms with Crippen molar-refractivity contribution in [3.63, 3.8) is 0 Å². The molecule has 6 heteroatoms. The standard InChI is InChI=1S/C19H23N3O3/c1-3-11-20-19(24)15(2)25-18(23)10-9-17-12-21-22(14-17)13-16-7-5-4-6-8-16/h4-10,12,14-15H,3,11,13H2,1-2H3,(H,20,24)/b10-9+/t15-/m0/s1. The summed E-state index contributed by atoms with van der Waals surface area (Å²) in [6, 6.07) is 9.98. The Kier molecular flexibility index (Phi) is 6.95. The molecule has 0 spiro atoms. The van der Waals surface area contributed by atoms with Crippen LogP contribution >= 0.6 is 0 Å². The van der Waals surface area contributed by atoms with Gasteiger partial charge in [0.15, 0.2) is 6.10 Å². The first kappa shape index (κ1) is 18.4. The fourth-order valence-electron chi connectivity index (χ4n) is 2.15. The molecule has 0 saturated heterocycles. The van der Waals surface area contributed by atoms with Crippen LogP contribution in [0.2, 0.25) is 0 Å². The molecule has 25 heavy (non-hydrogen) atoms. The fraction of sp³-hybridized carbons (Fsp3) is 0.316. The van der Waals surface area contributed by atoms with E-state index in [9.17, 15) is 9.59 Å². The van der Waals surface area contributed by atoms with Gasteiger partial charge < -0.3 is 10.1 Å². The quantitative estimate of drug-likeness (QED) is 0.591. The number of hydrogen-bond acceptors (Lipinski definition) is 4. The topological polar surface area (TPSA) is 73.2 Å². The molecule has 1 heterocycles. The van der Waals surface area contributed by atoms with Gasteiger partial charge in [-0.05, 0) is 25.0 Å². The number of aromatic nitrogens is 2. The molecule has 0 radical (unpaired) electrons. The first-order valence-electron chi connectivity index (χ1n) is 8.31. The average molecular weight is 341 g/mol. The summed E-state index contributed by atoms with van der Waals surface area (Å²) in [6.07, 6.45) is 6.45. The zero-order chi connectivity index (χ0) is 18.1. The van der Waals surface area contributed by atoms with Crippen molar-refractivity contribution in [2.24, 2.45) is 0 Å². The van der Waals surface area contributed by atoms with Crippen LogP contribution in [0.4, 0.5) is 0 Å². The second-order valence-corrected chi connectivity index (χ2v) is 5.66. The van der Waals surface area contributed by atoms with Gasteiger partial charge in [-0.15, -0.1) is 0 Å². The van der Waals surface area contributed by atoms with Crippen LogP contribution in [0.25, 0.3) is 6.08 Å². The zero-order valence-corrected chi connectivity index (χ0v) is 14.5. The molecule has 1 atom stereocenters. The Morgan fingerprint density at radius 2 is 2.08 bits per heavy atom. The SMILES string of the molecule is CCCNC(=O)[C@H](C)OC(=O)/C=C/c1cnn(Cc2ccccc2)c1. The predicted octanol–water partition coefficient (Wildman–Crippen LogP) is 2.40. The van der Waals surface area contributed by atoms with Gasteiger partial charge in [0.2, 0.25) is 0 Å². The van der Waals surface area contributed by atoms with Crippen LogP contribution in [0.5, 0.6) is 0 Å². The molecular formula is C19H23N3O3. The van der Waals surface area contributed by atoms with E-state index in [2.05, 4.69) is 10.4 Å². The van der Waals surface area contributed by atoms with Gasteiger partial charge in [-0.3, -0.25) is 9.48 Å². The second-order valence-electron chi connectivity index (χ2n) is 5.66. The summed E-state index contributed by atoms with van der Waals surface area (Å²) in [7, 11) is 0. The maximum Gasteiger partial charge on any atom is 0.331 e. The molecular weight excluding hydrogens is 318 g/mol. The lowest BCUT2D eigenvalue weighted by molar-refractivity contribution is -0.150. The molecule has 0 aliphatic carbocycles. The third-order valence-electron chi connectivity index (χ3n) is 3.46. The Balaban J connectivity index is 1.85. The highest BCUT2D eigenvalue weighted by atomic mass is 16.5. The van der Waals surface area contributed by atoms with Gasteiger partial charge in [-0.25, -0.2) is 4.79 Å². The van der Waals surface area contributed by atoms with E-state index in [-0.39, 0.29) is 5.91 Å². The monoisotopic (exact) mass is 341 g/mol. The van der Waals surface area contributed by atoms with E-state index in [1.165, 1.54) is 6.08 Å². The van der Waals surface area contributed by atoms with Crippen LogP contribution < -0.4 is 5.32 Å². The number of esters is 1. The van der Waals surface area contributed by atoms with Crippen LogP contribution in [-0.2, 0) is 20.9 Å². The number of nitrogens with one attached hydrogen (secondary N) is 1. The van der Waals surface area contributed by atoms with Crippen molar-refractivity contribution in [3.8, 4) is 0 Å². The van der Waals surface area contributed by atoms with Gasteiger partial charge in [0.05, 0.1) is 12.7 Å². The van der Waals surface area contributed by atoms with Crippen molar-refractivity contribution >= 4 is 18.0 Å². The summed E-state index contributed by atoms with van der Waals surface area (Å²) < 4.78 is 6.86. The Morgan fingerprint density at radius 1 is 1.32 bits per heavy atom. The Hall–Kier alpha value is -2.89. The maximum atomic E-state index is 11.8. The van der Waals surface area contributed by atoms with Crippen LogP contribution in [0.1, 0.15) is 31.4 Å². The van der Waals surface area contributed by atoms with E-state index in [4.69, 9.17) is 4.74 Å². The summed E-state index contributed by atoms with van der Waals surface area (Å²) in [5.74, 6) is -0.853. The molecule has 1 aromatic heterocycles. The first-order valence-corrected chi connectivity index (χ1v) is 8.31. The smallest absolute Gasteiger partial charge is 0.331 e. The molecule has 1 aromatic carbocycles. The molecule has 0 saturated carbocycles. The number of amides is 1. The Morgan fingerprint density at radius 3 is 2.80 bits per heavy atom. The van der Waals surface area contributed by atoms with Gasteiger partial charge in [-0.2, -0.15) is 5.10 Å². The number of rotatable bonds is 8. The minimum atomic E-state index is -0.815. The molecule has 0 fully saturated rings. The van der Waals surface area contributed by atoms with E-state index in [0.29, 0.717) is 13.1 Å². The van der Waals surface area contributed by atoms with Gasteiger partial charge in [0, 0.05) is 24.4 Å². The molecule has 1 amide bonds. The third kappa shape index (κ3) is 6.25. The lowest BCUT2D eigenvalue weighted by atomic mass is 10.2. The molecule has 0 aliphatic heterocycles. The van der Waals surface area contributed by atoms with Crippen LogP contribution in [-0.4, -0.2) is 34.3 Å². The summed E-state index contributed by atoms with van der Waals surface area (Å²) >= 11 is 0. The van der Waals surface area contributed by atoms with E-state index in [1.807, 2.05) is 43.5 Å². The Bertz CT molecular complexity index is 723. The van der Waals surface area contributed by atoms with E-state index in [0.717, 1.165) is 17.5 Å². The van der Waals surface area contributed by atoms with Gasteiger partial charge >= 0.3 is 5.97 Å². The molecule has 6 nitrogen and oxygen atoms in total. The highest BCUT2D eigenvalue weighted by molar-refractivity contribution is 5.90. The molecule has 0 unspecified atom stereocenters. The number of nitrogens with zero attached hydrogens (tertiary/aromatic N) is 2. The summed E-state index contributed by atoms with van der Waals surface area (Å²) in [5, 5.41) is 6.95. The van der Waals surface area contributed by atoms with Gasteiger partial charge in [0.25, 0.3) is 5.91 Å². The van der Waals surface area contributed by atoms with Gasteiger partial charge in [-0.1, -0.05) is 37.3 Å². The minimum Gasteiger partial charge on any atom is -0.449 e. The third-order valence-corrected chi connectivity index (χ3v) is 3.46. The molecule has 1 N–H and O–H groups in total. The number of carbonyl (C=O) groups is 2. The largest absolute Gasteiger partial charge is 0.449 e. The maximum absolute atomic E-state index is 11.8. The lowest BCUT2D eigenvalue weighted by Crippen LogP contribution is -2.35. The zero-order valence-electron chi connectivity index (χ0n) is 14.5. The average Bonchev–Trinajstić information content (AvgIpc) is 3.06. The lowest BCUT2D eigenvalue weighted by Gasteiger charge is -2.11. The normalized spacial score (nSPS) is 12.1. The van der Waals surface area contributed by atoms with E-state index in [1.54, 1.807) is 23.9 Å². The summed E-state index contributed by atoms with van der Waals surface area (Å²) in [6.45, 7) is 4.73. The molecule has 0 bridgehead atoms. The van der Waals surface area contributed by atoms with Crippen molar-refractivity contribution in [2.45, 2.75) is 32.9 Å². The molecule has 132 valence electrons.